The number of nitrogens with one attached hydrogen (secondary N) is 2. The first-order valence-corrected chi connectivity index (χ1v) is 8.63. The summed E-state index contributed by atoms with van der Waals surface area (Å²) >= 11 is 1.33. The van der Waals surface area contributed by atoms with E-state index in [1.54, 1.807) is 35.8 Å². The summed E-state index contributed by atoms with van der Waals surface area (Å²) in [7, 11) is 0. The molecule has 1 atom stereocenters. The minimum Gasteiger partial charge on any atom is -0.494 e. The number of rotatable bonds is 7. The Morgan fingerprint density at radius 2 is 1.96 bits per heavy atom. The van der Waals surface area contributed by atoms with Crippen LogP contribution >= 0.6 is 11.3 Å². The molecular formula is C17H21N3O3S. The number of thiazole rings is 1. The second-order valence-corrected chi connectivity index (χ2v) is 6.37. The highest BCUT2D eigenvalue weighted by molar-refractivity contribution is 7.13. The van der Waals surface area contributed by atoms with E-state index in [1.165, 1.54) is 11.3 Å². The van der Waals surface area contributed by atoms with Crippen LogP contribution in [0.3, 0.4) is 0 Å². The zero-order chi connectivity index (χ0) is 17.5. The van der Waals surface area contributed by atoms with Gasteiger partial charge in [-0.2, -0.15) is 0 Å². The highest BCUT2D eigenvalue weighted by atomic mass is 32.1. The minimum absolute atomic E-state index is 0.0587. The van der Waals surface area contributed by atoms with Crippen molar-refractivity contribution in [3.63, 3.8) is 0 Å². The molecule has 0 saturated carbocycles. The molecule has 0 spiro atoms. The first-order chi connectivity index (χ1) is 11.5. The lowest BCUT2D eigenvalue weighted by Gasteiger charge is -2.21. The summed E-state index contributed by atoms with van der Waals surface area (Å²) < 4.78 is 5.36. The number of anilines is 1. The first kappa shape index (κ1) is 17.9. The van der Waals surface area contributed by atoms with E-state index < -0.39 is 6.04 Å². The van der Waals surface area contributed by atoms with E-state index in [0.717, 1.165) is 0 Å². The van der Waals surface area contributed by atoms with Crippen LogP contribution in [-0.4, -0.2) is 29.4 Å². The van der Waals surface area contributed by atoms with Crippen molar-refractivity contribution in [2.45, 2.75) is 26.8 Å². The van der Waals surface area contributed by atoms with Gasteiger partial charge in [0.1, 0.15) is 11.8 Å². The number of carbonyl (C=O) groups is 2. The van der Waals surface area contributed by atoms with Crippen LogP contribution in [0.1, 0.15) is 31.1 Å². The van der Waals surface area contributed by atoms with Crippen molar-refractivity contribution in [1.82, 2.24) is 10.3 Å². The molecule has 2 N–H and O–H groups in total. The van der Waals surface area contributed by atoms with Gasteiger partial charge in [0.05, 0.1) is 6.61 Å². The van der Waals surface area contributed by atoms with Gasteiger partial charge >= 0.3 is 0 Å². The Hall–Kier alpha value is -2.41. The molecule has 0 saturated heterocycles. The van der Waals surface area contributed by atoms with Crippen LogP contribution in [-0.2, 0) is 4.79 Å². The molecule has 0 radical (unpaired) electrons. The Balaban J connectivity index is 2.03. The Bertz CT molecular complexity index is 669. The van der Waals surface area contributed by atoms with Crippen LogP contribution in [0.4, 0.5) is 5.13 Å². The lowest BCUT2D eigenvalue weighted by atomic mass is 10.0. The quantitative estimate of drug-likeness (QED) is 0.807. The molecule has 24 heavy (non-hydrogen) atoms. The predicted molar refractivity (Wildman–Crippen MR) is 94.4 cm³/mol. The smallest absolute Gasteiger partial charge is 0.251 e. The standard InChI is InChI=1S/C17H21N3O3S/c1-4-23-13-7-5-12(6-8-13)15(21)19-14(11(2)3)16(22)20-17-18-9-10-24-17/h5-11,14H,4H2,1-3H3,(H,19,21)(H,18,20,22)/t14-/m1/s1. The third-order valence-corrected chi connectivity index (χ3v) is 4.01. The molecule has 1 aromatic heterocycles. The fraction of sp³-hybridized carbons (Fsp3) is 0.353. The average molecular weight is 347 g/mol. The number of hydrogen-bond donors (Lipinski definition) is 2. The van der Waals surface area contributed by atoms with Crippen molar-refractivity contribution in [2.75, 3.05) is 11.9 Å². The molecule has 0 aliphatic heterocycles. The molecule has 1 heterocycles. The zero-order valence-electron chi connectivity index (χ0n) is 13.9. The van der Waals surface area contributed by atoms with E-state index in [1.807, 2.05) is 20.8 Å². The maximum absolute atomic E-state index is 12.4. The van der Waals surface area contributed by atoms with Crippen molar-refractivity contribution in [3.8, 4) is 5.75 Å². The van der Waals surface area contributed by atoms with Gasteiger partial charge in [-0.25, -0.2) is 4.98 Å². The molecule has 0 fully saturated rings. The van der Waals surface area contributed by atoms with E-state index in [2.05, 4.69) is 15.6 Å². The van der Waals surface area contributed by atoms with Gasteiger partial charge in [0.15, 0.2) is 5.13 Å². The Morgan fingerprint density at radius 3 is 2.50 bits per heavy atom. The monoisotopic (exact) mass is 347 g/mol. The van der Waals surface area contributed by atoms with Crippen molar-refractivity contribution in [1.29, 1.82) is 0 Å². The highest BCUT2D eigenvalue weighted by Crippen LogP contribution is 2.15. The summed E-state index contributed by atoms with van der Waals surface area (Å²) in [4.78, 5) is 28.8. The number of nitrogens with zero attached hydrogens (tertiary/aromatic N) is 1. The van der Waals surface area contributed by atoms with Gasteiger partial charge in [-0.15, -0.1) is 11.3 Å². The van der Waals surface area contributed by atoms with E-state index in [-0.39, 0.29) is 17.7 Å². The van der Waals surface area contributed by atoms with Crippen LogP contribution in [0.15, 0.2) is 35.8 Å². The molecule has 2 aromatic rings. The molecule has 6 nitrogen and oxygen atoms in total. The number of hydrogen-bond acceptors (Lipinski definition) is 5. The maximum Gasteiger partial charge on any atom is 0.251 e. The van der Waals surface area contributed by atoms with Crippen molar-refractivity contribution < 1.29 is 14.3 Å². The van der Waals surface area contributed by atoms with Gasteiger partial charge in [-0.05, 0) is 37.1 Å². The summed E-state index contributed by atoms with van der Waals surface area (Å²) in [6, 6.07) is 6.18. The van der Waals surface area contributed by atoms with E-state index >= 15 is 0 Å². The number of aromatic nitrogens is 1. The number of benzene rings is 1. The zero-order valence-corrected chi connectivity index (χ0v) is 14.7. The molecule has 7 heteroatoms. The van der Waals surface area contributed by atoms with Crippen LogP contribution < -0.4 is 15.4 Å². The fourth-order valence-electron chi connectivity index (χ4n) is 2.10. The van der Waals surface area contributed by atoms with E-state index in [4.69, 9.17) is 4.74 Å². The number of carbonyl (C=O) groups excluding carboxylic acids is 2. The summed E-state index contributed by atoms with van der Waals surface area (Å²) in [6.45, 7) is 6.22. The lowest BCUT2D eigenvalue weighted by Crippen LogP contribution is -2.47. The van der Waals surface area contributed by atoms with Crippen LogP contribution in [0.2, 0.25) is 0 Å². The summed E-state index contributed by atoms with van der Waals surface area (Å²) in [5.41, 5.74) is 0.478. The van der Waals surface area contributed by atoms with E-state index in [9.17, 15) is 9.59 Å². The van der Waals surface area contributed by atoms with Gasteiger partial charge in [0.2, 0.25) is 5.91 Å². The fourth-order valence-corrected chi connectivity index (χ4v) is 2.63. The average Bonchev–Trinajstić information content (AvgIpc) is 3.06. The SMILES string of the molecule is CCOc1ccc(C(=O)N[C@@H](C(=O)Nc2nccs2)C(C)C)cc1. The minimum atomic E-state index is -0.645. The molecule has 2 amide bonds. The molecule has 0 aliphatic carbocycles. The van der Waals surface area contributed by atoms with Crippen LogP contribution in [0.5, 0.6) is 5.75 Å². The van der Waals surface area contributed by atoms with Crippen LogP contribution in [0, 0.1) is 5.92 Å². The molecule has 128 valence electrons. The second kappa shape index (κ2) is 8.44. The van der Waals surface area contributed by atoms with Gasteiger partial charge in [-0.3, -0.25) is 9.59 Å². The second-order valence-electron chi connectivity index (χ2n) is 5.48. The summed E-state index contributed by atoms with van der Waals surface area (Å²) in [6.07, 6.45) is 1.61. The Kier molecular flexibility index (Phi) is 6.31. The third kappa shape index (κ3) is 4.79. The molecule has 0 aliphatic rings. The first-order valence-electron chi connectivity index (χ1n) is 7.75. The predicted octanol–water partition coefficient (Wildman–Crippen LogP) is 2.93. The molecule has 0 bridgehead atoms. The number of amides is 2. The lowest BCUT2D eigenvalue weighted by molar-refractivity contribution is -0.118. The largest absolute Gasteiger partial charge is 0.494 e. The van der Waals surface area contributed by atoms with E-state index in [0.29, 0.717) is 23.1 Å². The maximum atomic E-state index is 12.4. The third-order valence-electron chi connectivity index (χ3n) is 3.33. The Labute approximate surface area is 145 Å². The topological polar surface area (TPSA) is 80.3 Å². The molecule has 1 aromatic carbocycles. The van der Waals surface area contributed by atoms with Gasteiger partial charge in [0.25, 0.3) is 5.91 Å². The normalized spacial score (nSPS) is 11.8. The van der Waals surface area contributed by atoms with Gasteiger partial charge in [0, 0.05) is 17.1 Å². The number of ether oxygens (including phenoxy) is 1. The molecular weight excluding hydrogens is 326 g/mol. The van der Waals surface area contributed by atoms with Crippen molar-refractivity contribution >= 4 is 28.3 Å². The van der Waals surface area contributed by atoms with Crippen LogP contribution in [0.25, 0.3) is 0 Å². The van der Waals surface area contributed by atoms with Gasteiger partial charge < -0.3 is 15.4 Å². The summed E-state index contributed by atoms with van der Waals surface area (Å²) in [5, 5.41) is 7.79. The molecule has 2 rings (SSSR count). The van der Waals surface area contributed by atoms with Crippen molar-refractivity contribution in [3.05, 3.63) is 41.4 Å². The Morgan fingerprint density at radius 1 is 1.25 bits per heavy atom. The van der Waals surface area contributed by atoms with Crippen molar-refractivity contribution in [2.24, 2.45) is 5.92 Å². The molecule has 0 unspecified atom stereocenters. The summed E-state index contributed by atoms with van der Waals surface area (Å²) in [5.74, 6) is 0.0675. The van der Waals surface area contributed by atoms with Gasteiger partial charge in [-0.1, -0.05) is 13.8 Å². The highest BCUT2D eigenvalue weighted by Gasteiger charge is 2.25.